The summed E-state index contributed by atoms with van der Waals surface area (Å²) in [5, 5.41) is 0. The molecular formula is C18H29NO. The molecule has 0 saturated heterocycles. The molecule has 1 fully saturated rings. The van der Waals surface area contributed by atoms with Crippen molar-refractivity contribution in [1.29, 1.82) is 0 Å². The van der Waals surface area contributed by atoms with E-state index in [0.29, 0.717) is 12.7 Å². The number of ether oxygens (including phenoxy) is 1. The van der Waals surface area contributed by atoms with Crippen LogP contribution in [0.15, 0.2) is 12.1 Å². The van der Waals surface area contributed by atoms with Gasteiger partial charge in [-0.3, -0.25) is 0 Å². The van der Waals surface area contributed by atoms with Gasteiger partial charge in [-0.25, -0.2) is 0 Å². The molecule has 1 unspecified atom stereocenters. The van der Waals surface area contributed by atoms with E-state index in [-0.39, 0.29) is 6.04 Å². The highest BCUT2D eigenvalue weighted by Crippen LogP contribution is 2.27. The van der Waals surface area contributed by atoms with E-state index >= 15 is 0 Å². The minimum absolute atomic E-state index is 0.00468. The highest BCUT2D eigenvalue weighted by Gasteiger charge is 2.20. The Hall–Kier alpha value is -0.860. The normalized spacial score (nSPS) is 24.6. The zero-order chi connectivity index (χ0) is 14.7. The standard InChI is InChI=1S/C18H29NO/c1-12-5-7-16(8-6-12)20-11-17(19)18-14(3)9-13(2)10-15(18)4/h9-10,12,16-17H,5-8,11,19H2,1-4H3. The number of rotatable bonds is 4. The van der Waals surface area contributed by atoms with Crippen LogP contribution in [0.1, 0.15) is 60.9 Å². The van der Waals surface area contributed by atoms with Crippen molar-refractivity contribution < 1.29 is 4.74 Å². The number of hydrogen-bond donors (Lipinski definition) is 1. The molecule has 1 aliphatic rings. The van der Waals surface area contributed by atoms with Crippen molar-refractivity contribution in [1.82, 2.24) is 0 Å². The molecule has 0 bridgehead atoms. The van der Waals surface area contributed by atoms with Gasteiger partial charge in [0.25, 0.3) is 0 Å². The van der Waals surface area contributed by atoms with Gasteiger partial charge in [0.1, 0.15) is 0 Å². The lowest BCUT2D eigenvalue weighted by molar-refractivity contribution is 0.0124. The molecule has 1 aromatic carbocycles. The van der Waals surface area contributed by atoms with E-state index in [1.165, 1.54) is 47.9 Å². The maximum atomic E-state index is 6.37. The molecule has 0 amide bonds. The Kier molecular flexibility index (Phi) is 5.22. The van der Waals surface area contributed by atoms with E-state index in [1.807, 2.05) is 0 Å². The molecule has 2 heteroatoms. The third-order valence-electron chi connectivity index (χ3n) is 4.58. The average molecular weight is 275 g/mol. The van der Waals surface area contributed by atoms with Crippen molar-refractivity contribution in [2.45, 2.75) is 65.5 Å². The van der Waals surface area contributed by atoms with Gasteiger partial charge >= 0.3 is 0 Å². The highest BCUT2D eigenvalue weighted by molar-refractivity contribution is 5.39. The number of nitrogens with two attached hydrogens (primary N) is 1. The third kappa shape index (κ3) is 3.83. The Morgan fingerprint density at radius 1 is 1.10 bits per heavy atom. The average Bonchev–Trinajstić information content (AvgIpc) is 2.37. The molecular weight excluding hydrogens is 246 g/mol. The van der Waals surface area contributed by atoms with Gasteiger partial charge in [-0.15, -0.1) is 0 Å². The van der Waals surface area contributed by atoms with Gasteiger partial charge in [-0.2, -0.15) is 0 Å². The molecule has 1 atom stereocenters. The summed E-state index contributed by atoms with van der Waals surface area (Å²) in [6.45, 7) is 9.41. The summed E-state index contributed by atoms with van der Waals surface area (Å²) in [5.41, 5.74) is 11.5. The summed E-state index contributed by atoms with van der Waals surface area (Å²) in [5.74, 6) is 0.866. The second-order valence-electron chi connectivity index (χ2n) is 6.63. The number of benzene rings is 1. The van der Waals surface area contributed by atoms with Crippen molar-refractivity contribution in [3.8, 4) is 0 Å². The molecule has 0 aromatic heterocycles. The predicted molar refractivity (Wildman–Crippen MR) is 85.0 cm³/mol. The summed E-state index contributed by atoms with van der Waals surface area (Å²) in [6.07, 6.45) is 5.40. The zero-order valence-corrected chi connectivity index (χ0v) is 13.4. The molecule has 0 heterocycles. The Bertz CT molecular complexity index is 424. The maximum absolute atomic E-state index is 6.37. The van der Waals surface area contributed by atoms with Crippen LogP contribution in [0.5, 0.6) is 0 Å². The fraction of sp³-hybridized carbons (Fsp3) is 0.667. The van der Waals surface area contributed by atoms with Crippen LogP contribution < -0.4 is 5.73 Å². The topological polar surface area (TPSA) is 35.2 Å². The van der Waals surface area contributed by atoms with Crippen LogP contribution in [-0.4, -0.2) is 12.7 Å². The lowest BCUT2D eigenvalue weighted by Gasteiger charge is -2.28. The first-order valence-corrected chi connectivity index (χ1v) is 7.92. The first-order chi connectivity index (χ1) is 9.47. The minimum Gasteiger partial charge on any atom is -0.376 e. The van der Waals surface area contributed by atoms with E-state index < -0.39 is 0 Å². The third-order valence-corrected chi connectivity index (χ3v) is 4.58. The van der Waals surface area contributed by atoms with Gasteiger partial charge in [-0.05, 0) is 69.1 Å². The van der Waals surface area contributed by atoms with Gasteiger partial charge in [0.2, 0.25) is 0 Å². The van der Waals surface area contributed by atoms with Gasteiger partial charge in [0.05, 0.1) is 18.8 Å². The Balaban J connectivity index is 1.93. The van der Waals surface area contributed by atoms with Crippen LogP contribution in [0.25, 0.3) is 0 Å². The SMILES string of the molecule is Cc1cc(C)c(C(N)COC2CCC(C)CC2)c(C)c1. The molecule has 2 rings (SSSR count). The fourth-order valence-corrected chi connectivity index (χ4v) is 3.50. The molecule has 2 nitrogen and oxygen atoms in total. The summed E-state index contributed by atoms with van der Waals surface area (Å²) >= 11 is 0. The molecule has 1 aliphatic carbocycles. The quantitative estimate of drug-likeness (QED) is 0.893. The molecule has 1 saturated carbocycles. The Morgan fingerprint density at radius 3 is 2.20 bits per heavy atom. The lowest BCUT2D eigenvalue weighted by atomic mass is 9.89. The molecule has 2 N–H and O–H groups in total. The van der Waals surface area contributed by atoms with Crippen molar-refractivity contribution in [3.63, 3.8) is 0 Å². The van der Waals surface area contributed by atoms with E-state index in [0.717, 1.165) is 5.92 Å². The molecule has 0 radical (unpaired) electrons. The van der Waals surface area contributed by atoms with Gasteiger partial charge in [0.15, 0.2) is 0 Å². The van der Waals surface area contributed by atoms with Crippen LogP contribution in [0.4, 0.5) is 0 Å². The van der Waals surface area contributed by atoms with Crippen LogP contribution in [0.3, 0.4) is 0 Å². The Morgan fingerprint density at radius 2 is 1.65 bits per heavy atom. The van der Waals surface area contributed by atoms with Gasteiger partial charge in [0, 0.05) is 0 Å². The summed E-state index contributed by atoms with van der Waals surface area (Å²) in [6, 6.07) is 4.42. The smallest absolute Gasteiger partial charge is 0.0663 e. The second kappa shape index (κ2) is 6.73. The van der Waals surface area contributed by atoms with Crippen molar-refractivity contribution in [2.75, 3.05) is 6.61 Å². The first kappa shape index (κ1) is 15.5. The number of hydrogen-bond acceptors (Lipinski definition) is 2. The van der Waals surface area contributed by atoms with Crippen LogP contribution in [0.2, 0.25) is 0 Å². The fourth-order valence-electron chi connectivity index (χ4n) is 3.50. The Labute approximate surface area is 123 Å². The number of aryl methyl sites for hydroxylation is 3. The van der Waals surface area contributed by atoms with Crippen LogP contribution in [0, 0.1) is 26.7 Å². The van der Waals surface area contributed by atoms with Crippen molar-refractivity contribution in [3.05, 3.63) is 34.4 Å². The largest absolute Gasteiger partial charge is 0.376 e. The van der Waals surface area contributed by atoms with E-state index in [4.69, 9.17) is 10.5 Å². The highest BCUT2D eigenvalue weighted by atomic mass is 16.5. The second-order valence-corrected chi connectivity index (χ2v) is 6.63. The van der Waals surface area contributed by atoms with Gasteiger partial charge < -0.3 is 10.5 Å². The zero-order valence-electron chi connectivity index (χ0n) is 13.4. The molecule has 0 spiro atoms. The minimum atomic E-state index is -0.00468. The van der Waals surface area contributed by atoms with E-state index in [9.17, 15) is 0 Å². The lowest BCUT2D eigenvalue weighted by Crippen LogP contribution is -2.26. The molecule has 112 valence electrons. The van der Waals surface area contributed by atoms with E-state index in [1.54, 1.807) is 0 Å². The maximum Gasteiger partial charge on any atom is 0.0663 e. The summed E-state index contributed by atoms with van der Waals surface area (Å²) < 4.78 is 6.06. The van der Waals surface area contributed by atoms with Gasteiger partial charge in [-0.1, -0.05) is 24.6 Å². The molecule has 20 heavy (non-hydrogen) atoms. The molecule has 0 aliphatic heterocycles. The van der Waals surface area contributed by atoms with Crippen molar-refractivity contribution >= 4 is 0 Å². The van der Waals surface area contributed by atoms with Crippen LogP contribution in [-0.2, 0) is 4.74 Å². The summed E-state index contributed by atoms with van der Waals surface area (Å²) in [4.78, 5) is 0. The van der Waals surface area contributed by atoms with E-state index in [2.05, 4.69) is 39.8 Å². The first-order valence-electron chi connectivity index (χ1n) is 7.92. The van der Waals surface area contributed by atoms with Crippen molar-refractivity contribution in [2.24, 2.45) is 11.7 Å². The monoisotopic (exact) mass is 275 g/mol. The predicted octanol–water partition coefficient (Wildman–Crippen LogP) is 4.21. The van der Waals surface area contributed by atoms with Crippen LogP contribution >= 0.6 is 0 Å². The summed E-state index contributed by atoms with van der Waals surface area (Å²) in [7, 11) is 0. The molecule has 1 aromatic rings.